The second-order valence-corrected chi connectivity index (χ2v) is 6.46. The molecule has 4 rings (SSSR count). The van der Waals surface area contributed by atoms with Crippen LogP contribution in [-0.4, -0.2) is 29.0 Å². The zero-order valence-corrected chi connectivity index (χ0v) is 12.6. The number of ether oxygens (including phenoxy) is 1. The van der Waals surface area contributed by atoms with Gasteiger partial charge in [-0.25, -0.2) is 0 Å². The Morgan fingerprint density at radius 3 is 3.05 bits per heavy atom. The molecule has 4 heteroatoms. The third kappa shape index (κ3) is 1.96. The molecule has 2 aliphatic rings. The van der Waals surface area contributed by atoms with Gasteiger partial charge in [-0.2, -0.15) is 5.10 Å². The lowest BCUT2D eigenvalue weighted by Crippen LogP contribution is -2.60. The topological polar surface area (TPSA) is 49.9 Å². The number of para-hydroxylation sites is 1. The van der Waals surface area contributed by atoms with E-state index in [1.807, 2.05) is 6.20 Å². The highest BCUT2D eigenvalue weighted by Crippen LogP contribution is 2.55. The molecular weight excluding hydrogens is 262 g/mol. The largest absolute Gasteiger partial charge is 0.380 e. The van der Waals surface area contributed by atoms with Gasteiger partial charge in [0.15, 0.2) is 0 Å². The lowest BCUT2D eigenvalue weighted by Gasteiger charge is -2.54. The fourth-order valence-corrected chi connectivity index (χ4v) is 4.37. The predicted octanol–water partition coefficient (Wildman–Crippen LogP) is 3.71. The molecule has 2 saturated carbocycles. The maximum atomic E-state index is 6.00. The van der Waals surface area contributed by atoms with Gasteiger partial charge in [0.05, 0.1) is 23.5 Å². The zero-order valence-electron chi connectivity index (χ0n) is 12.6. The SMILES string of the molecule is CCOC1CC(Nc2cccc3cn[nH]c23)C12CCCC2. The number of hydrogen-bond acceptors (Lipinski definition) is 3. The van der Waals surface area contributed by atoms with Crippen LogP contribution in [0.25, 0.3) is 10.9 Å². The molecule has 1 aromatic heterocycles. The summed E-state index contributed by atoms with van der Waals surface area (Å²) in [6.45, 7) is 2.93. The molecule has 4 nitrogen and oxygen atoms in total. The maximum Gasteiger partial charge on any atom is 0.0881 e. The number of H-pyrrole nitrogens is 1. The number of rotatable bonds is 4. The number of nitrogens with one attached hydrogen (secondary N) is 2. The first-order valence-electron chi connectivity index (χ1n) is 8.14. The fourth-order valence-electron chi connectivity index (χ4n) is 4.37. The van der Waals surface area contributed by atoms with Crippen LogP contribution in [-0.2, 0) is 4.74 Å². The highest BCUT2D eigenvalue weighted by Gasteiger charge is 2.56. The molecule has 0 saturated heterocycles. The average Bonchev–Trinajstić information content (AvgIpc) is 3.16. The van der Waals surface area contributed by atoms with Crippen molar-refractivity contribution in [1.82, 2.24) is 10.2 Å². The Morgan fingerprint density at radius 1 is 1.38 bits per heavy atom. The normalized spacial score (nSPS) is 27.1. The van der Waals surface area contributed by atoms with Gasteiger partial charge in [-0.1, -0.05) is 25.0 Å². The van der Waals surface area contributed by atoms with E-state index in [1.54, 1.807) is 0 Å². The summed E-state index contributed by atoms with van der Waals surface area (Å²) >= 11 is 0. The van der Waals surface area contributed by atoms with Gasteiger partial charge in [-0.3, -0.25) is 5.10 Å². The molecule has 0 amide bonds. The second kappa shape index (κ2) is 5.02. The monoisotopic (exact) mass is 285 g/mol. The van der Waals surface area contributed by atoms with Gasteiger partial charge in [0, 0.05) is 23.4 Å². The van der Waals surface area contributed by atoms with Crippen molar-refractivity contribution < 1.29 is 4.74 Å². The summed E-state index contributed by atoms with van der Waals surface area (Å²) in [7, 11) is 0. The third-order valence-electron chi connectivity index (χ3n) is 5.49. The van der Waals surface area contributed by atoms with Crippen molar-refractivity contribution in [2.75, 3.05) is 11.9 Å². The van der Waals surface area contributed by atoms with E-state index in [-0.39, 0.29) is 0 Å². The Hall–Kier alpha value is -1.55. The first kappa shape index (κ1) is 13.1. The number of hydrogen-bond donors (Lipinski definition) is 2. The van der Waals surface area contributed by atoms with Crippen LogP contribution in [0.4, 0.5) is 5.69 Å². The number of benzene rings is 1. The minimum absolute atomic E-state index is 0.359. The van der Waals surface area contributed by atoms with E-state index in [9.17, 15) is 0 Å². The molecule has 1 spiro atoms. The molecule has 0 aliphatic heterocycles. The van der Waals surface area contributed by atoms with Crippen LogP contribution < -0.4 is 5.32 Å². The van der Waals surface area contributed by atoms with Gasteiger partial charge in [0.2, 0.25) is 0 Å². The molecule has 21 heavy (non-hydrogen) atoms. The number of aromatic amines is 1. The van der Waals surface area contributed by atoms with E-state index in [4.69, 9.17) is 4.74 Å². The molecule has 1 aromatic carbocycles. The zero-order chi connectivity index (χ0) is 14.3. The second-order valence-electron chi connectivity index (χ2n) is 6.46. The van der Waals surface area contributed by atoms with Crippen molar-refractivity contribution in [3.05, 3.63) is 24.4 Å². The van der Waals surface area contributed by atoms with Gasteiger partial charge < -0.3 is 10.1 Å². The smallest absolute Gasteiger partial charge is 0.0881 e. The van der Waals surface area contributed by atoms with E-state index in [2.05, 4.69) is 40.6 Å². The lowest BCUT2D eigenvalue weighted by molar-refractivity contribution is -0.114. The summed E-state index contributed by atoms with van der Waals surface area (Å²) in [5.74, 6) is 0. The quantitative estimate of drug-likeness (QED) is 0.900. The van der Waals surface area contributed by atoms with Crippen molar-refractivity contribution in [3.8, 4) is 0 Å². The van der Waals surface area contributed by atoms with Crippen LogP contribution in [0.1, 0.15) is 39.0 Å². The van der Waals surface area contributed by atoms with Crippen molar-refractivity contribution in [2.45, 2.75) is 51.2 Å². The van der Waals surface area contributed by atoms with Crippen LogP contribution in [0.2, 0.25) is 0 Å². The fraction of sp³-hybridized carbons (Fsp3) is 0.588. The van der Waals surface area contributed by atoms with E-state index < -0.39 is 0 Å². The molecule has 2 N–H and O–H groups in total. The Bertz CT molecular complexity index is 630. The minimum atomic E-state index is 0.359. The summed E-state index contributed by atoms with van der Waals surface area (Å²) in [6, 6.07) is 6.88. The molecule has 0 bridgehead atoms. The number of nitrogens with zero attached hydrogens (tertiary/aromatic N) is 1. The van der Waals surface area contributed by atoms with Crippen molar-refractivity contribution >= 4 is 16.6 Å². The summed E-state index contributed by atoms with van der Waals surface area (Å²) < 4.78 is 6.00. The highest BCUT2D eigenvalue weighted by molar-refractivity contribution is 5.90. The molecule has 2 unspecified atom stereocenters. The predicted molar refractivity (Wildman–Crippen MR) is 84.4 cm³/mol. The van der Waals surface area contributed by atoms with E-state index in [0.717, 1.165) is 18.5 Å². The molecule has 112 valence electrons. The standard InChI is InChI=1S/C17H23N3O/c1-2-21-15-10-14(17(15)8-3-4-9-17)19-13-7-5-6-12-11-18-20-16(12)13/h5-7,11,14-15,19H,2-4,8-10H2,1H3,(H,18,20). The summed E-state index contributed by atoms with van der Waals surface area (Å²) in [5.41, 5.74) is 2.65. The Morgan fingerprint density at radius 2 is 2.24 bits per heavy atom. The summed E-state index contributed by atoms with van der Waals surface area (Å²) in [4.78, 5) is 0. The average molecular weight is 285 g/mol. The van der Waals surface area contributed by atoms with E-state index in [1.165, 1.54) is 36.8 Å². The van der Waals surface area contributed by atoms with Gasteiger partial charge in [-0.15, -0.1) is 0 Å². The summed E-state index contributed by atoms with van der Waals surface area (Å²) in [5, 5.41) is 12.2. The van der Waals surface area contributed by atoms with Crippen LogP contribution in [0.15, 0.2) is 24.4 Å². The molecule has 2 aliphatic carbocycles. The van der Waals surface area contributed by atoms with Crippen LogP contribution in [0.3, 0.4) is 0 Å². The van der Waals surface area contributed by atoms with Gasteiger partial charge in [0.25, 0.3) is 0 Å². The van der Waals surface area contributed by atoms with Crippen LogP contribution in [0.5, 0.6) is 0 Å². The van der Waals surface area contributed by atoms with Crippen molar-refractivity contribution in [2.24, 2.45) is 5.41 Å². The Labute approximate surface area is 125 Å². The molecule has 0 radical (unpaired) electrons. The van der Waals surface area contributed by atoms with Gasteiger partial charge in [0.1, 0.15) is 0 Å². The molecule has 2 fully saturated rings. The van der Waals surface area contributed by atoms with Crippen molar-refractivity contribution in [3.63, 3.8) is 0 Å². The van der Waals surface area contributed by atoms with Crippen LogP contribution >= 0.6 is 0 Å². The summed E-state index contributed by atoms with van der Waals surface area (Å²) in [6.07, 6.45) is 8.74. The maximum absolute atomic E-state index is 6.00. The van der Waals surface area contributed by atoms with Gasteiger partial charge in [-0.05, 0) is 32.3 Å². The first-order valence-corrected chi connectivity index (χ1v) is 8.14. The van der Waals surface area contributed by atoms with Crippen LogP contribution in [0, 0.1) is 5.41 Å². The molecule has 1 heterocycles. The van der Waals surface area contributed by atoms with Gasteiger partial charge >= 0.3 is 0 Å². The third-order valence-corrected chi connectivity index (χ3v) is 5.49. The molecular formula is C17H23N3O. The molecule has 2 atom stereocenters. The molecule has 2 aromatic rings. The Balaban J connectivity index is 1.58. The lowest BCUT2D eigenvalue weighted by atomic mass is 9.60. The number of anilines is 1. The highest BCUT2D eigenvalue weighted by atomic mass is 16.5. The number of aromatic nitrogens is 2. The van der Waals surface area contributed by atoms with E-state index in [0.29, 0.717) is 17.6 Å². The Kier molecular flexibility index (Phi) is 3.14. The number of fused-ring (bicyclic) bond motifs is 1. The van der Waals surface area contributed by atoms with Crippen molar-refractivity contribution in [1.29, 1.82) is 0 Å². The van der Waals surface area contributed by atoms with E-state index >= 15 is 0 Å². The first-order chi connectivity index (χ1) is 10.3. The minimum Gasteiger partial charge on any atom is -0.380 e.